The zero-order valence-corrected chi connectivity index (χ0v) is 20.1. The molecule has 1 aliphatic rings. The maximum atomic E-state index is 12.4. The van der Waals surface area contributed by atoms with E-state index in [9.17, 15) is 4.79 Å². The summed E-state index contributed by atoms with van der Waals surface area (Å²) in [7, 11) is 0. The van der Waals surface area contributed by atoms with Gasteiger partial charge in [0.15, 0.2) is 5.16 Å². The van der Waals surface area contributed by atoms with Crippen LogP contribution in [0.2, 0.25) is 0 Å². The Balaban J connectivity index is 1.27. The van der Waals surface area contributed by atoms with E-state index in [1.54, 1.807) is 18.0 Å². The van der Waals surface area contributed by atoms with Gasteiger partial charge in [-0.1, -0.05) is 53.7 Å². The summed E-state index contributed by atoms with van der Waals surface area (Å²) in [5, 5.41) is 3.94. The number of fused-ring (bicyclic) bond motifs is 1. The van der Waals surface area contributed by atoms with Crippen LogP contribution in [0.5, 0.6) is 0 Å². The molecule has 1 aliphatic heterocycles. The monoisotopic (exact) mass is 472 g/mol. The molecule has 7 heteroatoms. The third kappa shape index (κ3) is 5.32. The van der Waals surface area contributed by atoms with Crippen molar-refractivity contribution in [2.24, 2.45) is 0 Å². The Kier molecular flexibility index (Phi) is 6.92. The smallest absolute Gasteiger partial charge is 0.251 e. The Labute approximate surface area is 203 Å². The van der Waals surface area contributed by atoms with E-state index < -0.39 is 0 Å². The van der Waals surface area contributed by atoms with Gasteiger partial charge in [0.2, 0.25) is 0 Å². The first-order chi connectivity index (χ1) is 16.7. The molecule has 0 unspecified atom stereocenters. The molecule has 1 fully saturated rings. The molecule has 0 spiro atoms. The zero-order chi connectivity index (χ0) is 23.3. The lowest BCUT2D eigenvalue weighted by Gasteiger charge is -2.11. The Morgan fingerprint density at radius 2 is 2.06 bits per heavy atom. The van der Waals surface area contributed by atoms with Crippen molar-refractivity contribution in [3.8, 4) is 0 Å². The van der Waals surface area contributed by atoms with Crippen LogP contribution >= 0.6 is 11.8 Å². The van der Waals surface area contributed by atoms with Crippen molar-refractivity contribution < 1.29 is 9.53 Å². The molecule has 2 aromatic carbocycles. The first-order valence-corrected chi connectivity index (χ1v) is 12.6. The summed E-state index contributed by atoms with van der Waals surface area (Å²) in [5.41, 5.74) is 6.28. The van der Waals surface area contributed by atoms with Crippen LogP contribution in [-0.4, -0.2) is 39.7 Å². The molecule has 0 aliphatic carbocycles. The second-order valence-corrected chi connectivity index (χ2v) is 9.61. The number of imidazole rings is 1. The van der Waals surface area contributed by atoms with Gasteiger partial charge < -0.3 is 14.6 Å². The van der Waals surface area contributed by atoms with Crippen LogP contribution in [0.3, 0.4) is 0 Å². The Hall–Kier alpha value is -3.16. The minimum Gasteiger partial charge on any atom is -0.376 e. The molecule has 0 radical (unpaired) electrons. The van der Waals surface area contributed by atoms with Crippen LogP contribution in [0.25, 0.3) is 11.0 Å². The summed E-state index contributed by atoms with van der Waals surface area (Å²) < 4.78 is 7.81. The van der Waals surface area contributed by atoms with Crippen molar-refractivity contribution in [2.45, 2.75) is 43.3 Å². The maximum absolute atomic E-state index is 12.4. The number of hydrogen-bond donors (Lipinski definition) is 1. The molecule has 4 aromatic rings. The number of carbonyl (C=O) groups is 1. The minimum absolute atomic E-state index is 0.0536. The van der Waals surface area contributed by atoms with Gasteiger partial charge in [-0.15, -0.1) is 0 Å². The highest BCUT2D eigenvalue weighted by Gasteiger charge is 2.17. The summed E-state index contributed by atoms with van der Waals surface area (Å²) in [5.74, 6) is 0.713. The molecule has 0 saturated carbocycles. The summed E-state index contributed by atoms with van der Waals surface area (Å²) in [6, 6.07) is 18.3. The molecule has 2 aromatic heterocycles. The highest BCUT2D eigenvalue weighted by Crippen LogP contribution is 2.27. The average molecular weight is 473 g/mol. The molecule has 1 N–H and O–H groups in total. The van der Waals surface area contributed by atoms with Gasteiger partial charge in [-0.2, -0.15) is 0 Å². The Bertz CT molecular complexity index is 1280. The fourth-order valence-electron chi connectivity index (χ4n) is 4.22. The SMILES string of the molecule is Cc1cccc(Cn2c(SCc3ccc(C(=O)NC[C@H]4CCCO4)cc3)nc3ccncc32)c1. The number of nitrogens with zero attached hydrogens (tertiary/aromatic N) is 3. The van der Waals surface area contributed by atoms with Crippen LogP contribution < -0.4 is 5.32 Å². The maximum Gasteiger partial charge on any atom is 0.251 e. The number of amides is 1. The van der Waals surface area contributed by atoms with Gasteiger partial charge in [0.1, 0.15) is 0 Å². The van der Waals surface area contributed by atoms with E-state index in [0.29, 0.717) is 12.1 Å². The molecule has 174 valence electrons. The number of rotatable bonds is 8. The lowest BCUT2D eigenvalue weighted by Crippen LogP contribution is -2.31. The lowest BCUT2D eigenvalue weighted by molar-refractivity contribution is 0.0858. The first-order valence-electron chi connectivity index (χ1n) is 11.6. The van der Waals surface area contributed by atoms with E-state index in [1.165, 1.54) is 11.1 Å². The van der Waals surface area contributed by atoms with Crippen molar-refractivity contribution in [3.05, 3.63) is 89.2 Å². The van der Waals surface area contributed by atoms with Gasteiger partial charge in [0.05, 0.1) is 29.9 Å². The number of benzene rings is 2. The quantitative estimate of drug-likeness (QED) is 0.366. The largest absolute Gasteiger partial charge is 0.376 e. The van der Waals surface area contributed by atoms with E-state index in [-0.39, 0.29) is 12.0 Å². The van der Waals surface area contributed by atoms with E-state index in [2.05, 4.69) is 46.1 Å². The molecule has 1 saturated heterocycles. The minimum atomic E-state index is -0.0536. The van der Waals surface area contributed by atoms with Crippen molar-refractivity contribution in [1.29, 1.82) is 0 Å². The predicted octanol–water partition coefficient (Wildman–Crippen LogP) is 4.99. The number of pyridine rings is 1. The number of aryl methyl sites for hydroxylation is 1. The number of hydrogen-bond acceptors (Lipinski definition) is 5. The van der Waals surface area contributed by atoms with Crippen LogP contribution in [0.4, 0.5) is 0 Å². The third-order valence-corrected chi connectivity index (χ3v) is 7.08. The van der Waals surface area contributed by atoms with Gasteiger partial charge in [0, 0.05) is 30.7 Å². The Morgan fingerprint density at radius 3 is 2.85 bits per heavy atom. The third-order valence-electron chi connectivity index (χ3n) is 6.04. The second kappa shape index (κ2) is 10.4. The van der Waals surface area contributed by atoms with E-state index in [0.717, 1.165) is 53.5 Å². The van der Waals surface area contributed by atoms with Crippen molar-refractivity contribution >= 4 is 28.7 Å². The van der Waals surface area contributed by atoms with Crippen LogP contribution in [0, 0.1) is 6.92 Å². The standard InChI is InChI=1S/C27H28N4O2S/c1-19-4-2-5-21(14-19)17-31-25-16-28-12-11-24(25)30-27(31)34-18-20-7-9-22(10-8-20)26(32)29-15-23-6-3-13-33-23/h2,4-5,7-12,14,16,23H,3,6,13,15,17-18H2,1H3,(H,29,32)/t23-/m1/s1. The number of nitrogens with one attached hydrogen (secondary N) is 1. The molecule has 0 bridgehead atoms. The molecule has 3 heterocycles. The molecule has 1 atom stereocenters. The van der Waals surface area contributed by atoms with Crippen LogP contribution in [-0.2, 0) is 17.0 Å². The van der Waals surface area contributed by atoms with Gasteiger partial charge in [-0.05, 0) is 49.1 Å². The molecule has 5 rings (SSSR count). The number of carbonyl (C=O) groups excluding carboxylic acids is 1. The van der Waals surface area contributed by atoms with Gasteiger partial charge in [0.25, 0.3) is 5.91 Å². The molecular weight excluding hydrogens is 444 g/mol. The van der Waals surface area contributed by atoms with Crippen molar-refractivity contribution in [2.75, 3.05) is 13.2 Å². The van der Waals surface area contributed by atoms with E-state index in [4.69, 9.17) is 9.72 Å². The van der Waals surface area contributed by atoms with E-state index in [1.807, 2.05) is 36.5 Å². The first kappa shape index (κ1) is 22.6. The fourth-order valence-corrected chi connectivity index (χ4v) is 5.19. The Morgan fingerprint density at radius 1 is 1.18 bits per heavy atom. The topological polar surface area (TPSA) is 69.0 Å². The number of aromatic nitrogens is 3. The molecular formula is C27H28N4O2S. The summed E-state index contributed by atoms with van der Waals surface area (Å²) in [4.78, 5) is 21.6. The summed E-state index contributed by atoms with van der Waals surface area (Å²) in [6.45, 7) is 4.22. The van der Waals surface area contributed by atoms with Gasteiger partial charge in [-0.25, -0.2) is 4.98 Å². The van der Waals surface area contributed by atoms with Crippen molar-refractivity contribution in [3.63, 3.8) is 0 Å². The summed E-state index contributed by atoms with van der Waals surface area (Å²) >= 11 is 1.70. The van der Waals surface area contributed by atoms with E-state index >= 15 is 0 Å². The highest BCUT2D eigenvalue weighted by atomic mass is 32.2. The van der Waals surface area contributed by atoms with Crippen molar-refractivity contribution in [1.82, 2.24) is 19.9 Å². The lowest BCUT2D eigenvalue weighted by atomic mass is 10.1. The van der Waals surface area contributed by atoms with Gasteiger partial charge in [-0.3, -0.25) is 9.78 Å². The number of thioether (sulfide) groups is 1. The molecule has 34 heavy (non-hydrogen) atoms. The normalized spacial score (nSPS) is 15.6. The predicted molar refractivity (Wildman–Crippen MR) is 135 cm³/mol. The number of ether oxygens (including phenoxy) is 1. The highest BCUT2D eigenvalue weighted by molar-refractivity contribution is 7.98. The van der Waals surface area contributed by atoms with Crippen LogP contribution in [0.1, 0.15) is 39.9 Å². The zero-order valence-electron chi connectivity index (χ0n) is 19.2. The second-order valence-electron chi connectivity index (χ2n) is 8.66. The summed E-state index contributed by atoms with van der Waals surface area (Å²) in [6.07, 6.45) is 5.90. The van der Waals surface area contributed by atoms with Gasteiger partial charge >= 0.3 is 0 Å². The van der Waals surface area contributed by atoms with Crippen LogP contribution in [0.15, 0.2) is 72.1 Å². The molecule has 1 amide bonds. The average Bonchev–Trinajstić information content (AvgIpc) is 3.50. The fraction of sp³-hybridized carbons (Fsp3) is 0.296. The molecule has 6 nitrogen and oxygen atoms in total.